The molecule has 108 valence electrons. The van der Waals surface area contributed by atoms with Crippen LogP contribution in [0.25, 0.3) is 6.08 Å². The van der Waals surface area contributed by atoms with E-state index in [0.717, 1.165) is 11.1 Å². The van der Waals surface area contributed by atoms with E-state index in [0.29, 0.717) is 12.4 Å². The van der Waals surface area contributed by atoms with E-state index in [1.807, 2.05) is 12.1 Å². The molecule has 2 rings (SSSR count). The number of hydrogen-bond acceptors (Lipinski definition) is 3. The van der Waals surface area contributed by atoms with Crippen LogP contribution in [0.2, 0.25) is 0 Å². The maximum absolute atomic E-state index is 12.8. The first-order valence-electron chi connectivity index (χ1n) is 6.41. The van der Waals surface area contributed by atoms with Crippen LogP contribution < -0.4 is 4.74 Å². The second-order valence-corrected chi connectivity index (χ2v) is 4.34. The fraction of sp³-hybridized carbons (Fsp3) is 0.118. The summed E-state index contributed by atoms with van der Waals surface area (Å²) >= 11 is 0. The van der Waals surface area contributed by atoms with Crippen LogP contribution in [0.1, 0.15) is 11.1 Å². The van der Waals surface area contributed by atoms with Crippen LogP contribution in [0.15, 0.2) is 54.6 Å². The van der Waals surface area contributed by atoms with Gasteiger partial charge in [-0.15, -0.1) is 0 Å². The number of hydrogen-bond donors (Lipinski definition) is 0. The zero-order valence-electron chi connectivity index (χ0n) is 11.6. The quantitative estimate of drug-likeness (QED) is 0.622. The summed E-state index contributed by atoms with van der Waals surface area (Å²) in [6, 6.07) is 13.4. The predicted octanol–water partition coefficient (Wildman–Crippen LogP) is 3.59. The highest BCUT2D eigenvalue weighted by molar-refractivity contribution is 5.86. The summed E-state index contributed by atoms with van der Waals surface area (Å²) in [5.41, 5.74) is 1.76. The highest BCUT2D eigenvalue weighted by Crippen LogP contribution is 2.15. The van der Waals surface area contributed by atoms with Crippen molar-refractivity contribution < 1.29 is 18.7 Å². The number of esters is 1. The summed E-state index contributed by atoms with van der Waals surface area (Å²) in [7, 11) is 1.33. The Hall–Kier alpha value is -2.62. The molecule has 0 spiro atoms. The smallest absolute Gasteiger partial charge is 0.330 e. The molecule has 0 N–H and O–H groups in total. The number of carbonyl (C=O) groups excluding carboxylic acids is 1. The zero-order valence-corrected chi connectivity index (χ0v) is 11.6. The van der Waals surface area contributed by atoms with Gasteiger partial charge in [0, 0.05) is 6.08 Å². The van der Waals surface area contributed by atoms with Crippen molar-refractivity contribution >= 4 is 12.0 Å². The van der Waals surface area contributed by atoms with E-state index in [-0.39, 0.29) is 5.82 Å². The molecule has 0 aliphatic carbocycles. The molecule has 4 heteroatoms. The largest absolute Gasteiger partial charge is 0.489 e. The summed E-state index contributed by atoms with van der Waals surface area (Å²) in [5, 5.41) is 0. The minimum atomic E-state index is -0.397. The van der Waals surface area contributed by atoms with Crippen LogP contribution in [-0.4, -0.2) is 13.1 Å². The van der Waals surface area contributed by atoms with E-state index in [1.165, 1.54) is 25.3 Å². The molecular weight excluding hydrogens is 271 g/mol. The summed E-state index contributed by atoms with van der Waals surface area (Å²) in [5.74, 6) is 0.0432. The molecule has 0 aliphatic heterocycles. The van der Waals surface area contributed by atoms with Crippen LogP contribution in [0.3, 0.4) is 0 Å². The summed E-state index contributed by atoms with van der Waals surface area (Å²) in [4.78, 5) is 11.0. The van der Waals surface area contributed by atoms with Crippen LogP contribution >= 0.6 is 0 Å². The van der Waals surface area contributed by atoms with Gasteiger partial charge in [-0.25, -0.2) is 9.18 Å². The number of benzene rings is 2. The van der Waals surface area contributed by atoms with Crippen LogP contribution in [0, 0.1) is 5.82 Å². The normalized spacial score (nSPS) is 10.6. The molecule has 3 nitrogen and oxygen atoms in total. The molecule has 0 amide bonds. The minimum absolute atomic E-state index is 0.263. The van der Waals surface area contributed by atoms with Gasteiger partial charge in [-0.3, -0.25) is 0 Å². The lowest BCUT2D eigenvalue weighted by Crippen LogP contribution is -1.95. The average molecular weight is 286 g/mol. The van der Waals surface area contributed by atoms with Gasteiger partial charge in [-0.1, -0.05) is 24.3 Å². The van der Waals surface area contributed by atoms with E-state index in [4.69, 9.17) is 4.74 Å². The third-order valence-corrected chi connectivity index (χ3v) is 2.81. The van der Waals surface area contributed by atoms with Crippen LogP contribution in [0.4, 0.5) is 4.39 Å². The molecule has 0 unspecified atom stereocenters. The van der Waals surface area contributed by atoms with E-state index in [9.17, 15) is 9.18 Å². The van der Waals surface area contributed by atoms with Gasteiger partial charge in [0.1, 0.15) is 18.2 Å². The SMILES string of the molecule is COC(=O)C=Cc1ccc(OCc2ccc(F)cc2)cc1. The number of halogens is 1. The Balaban J connectivity index is 1.91. The Bertz CT molecular complexity index is 615. The predicted molar refractivity (Wildman–Crippen MR) is 78.2 cm³/mol. The van der Waals surface area contributed by atoms with Crippen LogP contribution in [-0.2, 0) is 16.1 Å². The molecule has 0 aliphatic rings. The second kappa shape index (κ2) is 7.24. The molecule has 21 heavy (non-hydrogen) atoms. The van der Waals surface area contributed by atoms with Gasteiger partial charge >= 0.3 is 5.97 Å². The van der Waals surface area contributed by atoms with Gasteiger partial charge in [0.25, 0.3) is 0 Å². The Kier molecular flexibility index (Phi) is 5.10. The summed E-state index contributed by atoms with van der Waals surface area (Å²) in [6.45, 7) is 0.373. The van der Waals surface area contributed by atoms with Gasteiger partial charge in [0.05, 0.1) is 7.11 Å². The van der Waals surface area contributed by atoms with Crippen molar-refractivity contribution in [1.29, 1.82) is 0 Å². The lowest BCUT2D eigenvalue weighted by atomic mass is 10.2. The average Bonchev–Trinajstić information content (AvgIpc) is 2.53. The third kappa shape index (κ3) is 4.76. The van der Waals surface area contributed by atoms with Gasteiger partial charge in [0.2, 0.25) is 0 Å². The third-order valence-electron chi connectivity index (χ3n) is 2.81. The molecule has 0 aromatic heterocycles. The van der Waals surface area contributed by atoms with Crippen molar-refractivity contribution in [2.45, 2.75) is 6.61 Å². The highest BCUT2D eigenvalue weighted by Gasteiger charge is 1.97. The molecule has 0 atom stereocenters. The molecule has 0 fully saturated rings. The number of methoxy groups -OCH3 is 1. The molecule has 0 bridgehead atoms. The number of ether oxygens (including phenoxy) is 2. The van der Waals surface area contributed by atoms with E-state index in [1.54, 1.807) is 30.3 Å². The van der Waals surface area contributed by atoms with E-state index < -0.39 is 5.97 Å². The van der Waals surface area contributed by atoms with Gasteiger partial charge in [0.15, 0.2) is 0 Å². The molecule has 0 radical (unpaired) electrons. The Morgan fingerprint density at radius 1 is 1.10 bits per heavy atom. The number of rotatable bonds is 5. The molecule has 2 aromatic rings. The van der Waals surface area contributed by atoms with Crippen molar-refractivity contribution in [3.63, 3.8) is 0 Å². The molecule has 0 saturated carbocycles. The lowest BCUT2D eigenvalue weighted by Gasteiger charge is -2.06. The fourth-order valence-electron chi connectivity index (χ4n) is 1.65. The topological polar surface area (TPSA) is 35.5 Å². The maximum atomic E-state index is 12.8. The van der Waals surface area contributed by atoms with Gasteiger partial charge in [-0.2, -0.15) is 0 Å². The minimum Gasteiger partial charge on any atom is -0.489 e. The summed E-state index contributed by atoms with van der Waals surface area (Å²) in [6.07, 6.45) is 3.02. The Morgan fingerprint density at radius 2 is 1.76 bits per heavy atom. The molecule has 0 heterocycles. The summed E-state index contributed by atoms with van der Waals surface area (Å²) < 4.78 is 22.9. The van der Waals surface area contributed by atoms with Crippen molar-refractivity contribution in [2.75, 3.05) is 7.11 Å². The van der Waals surface area contributed by atoms with Crippen LogP contribution in [0.5, 0.6) is 5.75 Å². The highest BCUT2D eigenvalue weighted by atomic mass is 19.1. The Morgan fingerprint density at radius 3 is 2.38 bits per heavy atom. The van der Waals surface area contributed by atoms with Crippen molar-refractivity contribution in [3.8, 4) is 5.75 Å². The van der Waals surface area contributed by atoms with Gasteiger partial charge in [-0.05, 0) is 41.5 Å². The van der Waals surface area contributed by atoms with E-state index >= 15 is 0 Å². The zero-order chi connectivity index (χ0) is 15.1. The maximum Gasteiger partial charge on any atom is 0.330 e. The first kappa shape index (κ1) is 14.8. The number of carbonyl (C=O) groups is 1. The molecule has 0 saturated heterocycles. The first-order chi connectivity index (χ1) is 10.2. The monoisotopic (exact) mass is 286 g/mol. The van der Waals surface area contributed by atoms with Crippen molar-refractivity contribution in [1.82, 2.24) is 0 Å². The van der Waals surface area contributed by atoms with Crippen molar-refractivity contribution in [2.24, 2.45) is 0 Å². The molecular formula is C17H15FO3. The lowest BCUT2D eigenvalue weighted by molar-refractivity contribution is -0.134. The van der Waals surface area contributed by atoms with E-state index in [2.05, 4.69) is 4.74 Å². The second-order valence-electron chi connectivity index (χ2n) is 4.34. The Labute approximate surface area is 122 Å². The van der Waals surface area contributed by atoms with Crippen molar-refractivity contribution in [3.05, 3.63) is 71.6 Å². The first-order valence-corrected chi connectivity index (χ1v) is 6.41. The fourth-order valence-corrected chi connectivity index (χ4v) is 1.65. The van der Waals surface area contributed by atoms with Gasteiger partial charge < -0.3 is 9.47 Å². The molecule has 2 aromatic carbocycles. The standard InChI is InChI=1S/C17H15FO3/c1-20-17(19)11-6-13-4-9-16(10-5-13)21-12-14-2-7-15(18)8-3-14/h2-11H,12H2,1H3.